The highest BCUT2D eigenvalue weighted by Gasteiger charge is 2.16. The number of furan rings is 1. The van der Waals surface area contributed by atoms with Crippen molar-refractivity contribution in [2.75, 3.05) is 0 Å². The number of halogens is 1. The summed E-state index contributed by atoms with van der Waals surface area (Å²) in [5.41, 5.74) is 1.18. The summed E-state index contributed by atoms with van der Waals surface area (Å²) in [7, 11) is 0. The van der Waals surface area contributed by atoms with Gasteiger partial charge in [0.1, 0.15) is 10.6 Å². The summed E-state index contributed by atoms with van der Waals surface area (Å²) in [5, 5.41) is 3.23. The van der Waals surface area contributed by atoms with Gasteiger partial charge in [-0.2, -0.15) is 0 Å². The Kier molecular flexibility index (Phi) is 2.12. The normalized spacial score (nSPS) is 10.2. The fourth-order valence-corrected chi connectivity index (χ4v) is 1.62. The SMILES string of the molecule is O=C(Cl)c1snnc1-c1ccoc1. The predicted octanol–water partition coefficient (Wildman–Crippen LogP) is 2.18. The molecular formula is C7H3ClN2O2S. The van der Waals surface area contributed by atoms with Gasteiger partial charge in [-0.05, 0) is 29.2 Å². The molecular weight excluding hydrogens is 212 g/mol. The third kappa shape index (κ3) is 1.48. The van der Waals surface area contributed by atoms with Crippen molar-refractivity contribution in [2.24, 2.45) is 0 Å². The highest BCUT2D eigenvalue weighted by atomic mass is 35.5. The lowest BCUT2D eigenvalue weighted by atomic mass is 10.2. The first-order valence-corrected chi connectivity index (χ1v) is 4.49. The van der Waals surface area contributed by atoms with Crippen LogP contribution in [0.4, 0.5) is 0 Å². The fraction of sp³-hybridized carbons (Fsp3) is 0. The molecule has 0 saturated heterocycles. The van der Waals surface area contributed by atoms with Gasteiger partial charge in [0.05, 0.1) is 12.5 Å². The molecule has 2 aromatic rings. The minimum atomic E-state index is -0.550. The largest absolute Gasteiger partial charge is 0.472 e. The maximum atomic E-state index is 10.9. The van der Waals surface area contributed by atoms with E-state index in [0.29, 0.717) is 16.1 Å². The summed E-state index contributed by atoms with van der Waals surface area (Å²) in [5.74, 6) is 0. The highest BCUT2D eigenvalue weighted by molar-refractivity contribution is 7.10. The summed E-state index contributed by atoms with van der Waals surface area (Å²) >= 11 is 6.30. The number of nitrogens with zero attached hydrogens (tertiary/aromatic N) is 2. The lowest BCUT2D eigenvalue weighted by molar-refractivity contribution is 0.108. The van der Waals surface area contributed by atoms with Crippen molar-refractivity contribution in [1.29, 1.82) is 0 Å². The molecule has 2 rings (SSSR count). The molecule has 0 amide bonds. The highest BCUT2D eigenvalue weighted by Crippen LogP contribution is 2.25. The Bertz CT molecular complexity index is 423. The zero-order valence-corrected chi connectivity index (χ0v) is 7.80. The maximum Gasteiger partial charge on any atom is 0.266 e. The van der Waals surface area contributed by atoms with E-state index in [-0.39, 0.29) is 0 Å². The second-order valence-corrected chi connectivity index (χ2v) is 3.33. The van der Waals surface area contributed by atoms with Crippen LogP contribution in [0.15, 0.2) is 23.0 Å². The van der Waals surface area contributed by atoms with E-state index in [4.69, 9.17) is 16.0 Å². The predicted molar refractivity (Wildman–Crippen MR) is 47.8 cm³/mol. The van der Waals surface area contributed by atoms with Crippen LogP contribution in [0.1, 0.15) is 9.67 Å². The van der Waals surface area contributed by atoms with Gasteiger partial charge in [-0.1, -0.05) is 4.49 Å². The molecule has 13 heavy (non-hydrogen) atoms. The maximum absolute atomic E-state index is 10.9. The van der Waals surface area contributed by atoms with Gasteiger partial charge in [-0.15, -0.1) is 5.10 Å². The van der Waals surface area contributed by atoms with E-state index >= 15 is 0 Å². The van der Waals surface area contributed by atoms with E-state index < -0.39 is 5.24 Å². The fourth-order valence-electron chi connectivity index (χ4n) is 0.908. The van der Waals surface area contributed by atoms with E-state index in [9.17, 15) is 4.79 Å². The molecule has 0 aliphatic rings. The van der Waals surface area contributed by atoms with Crippen LogP contribution in [0.3, 0.4) is 0 Å². The van der Waals surface area contributed by atoms with Gasteiger partial charge in [-0.25, -0.2) is 0 Å². The van der Waals surface area contributed by atoms with Gasteiger partial charge in [0, 0.05) is 5.56 Å². The summed E-state index contributed by atoms with van der Waals surface area (Å²) in [6, 6.07) is 1.69. The summed E-state index contributed by atoms with van der Waals surface area (Å²) in [6.07, 6.45) is 2.98. The standard InChI is InChI=1S/C7H3ClN2O2S/c8-7(11)6-5(9-10-13-6)4-1-2-12-3-4/h1-3H. The molecule has 0 N–H and O–H groups in total. The quantitative estimate of drug-likeness (QED) is 0.719. The van der Waals surface area contributed by atoms with Crippen LogP contribution in [0.2, 0.25) is 0 Å². The molecule has 0 saturated carbocycles. The Morgan fingerprint density at radius 2 is 2.46 bits per heavy atom. The molecule has 0 fully saturated rings. The number of hydrogen-bond donors (Lipinski definition) is 0. The summed E-state index contributed by atoms with van der Waals surface area (Å²) in [4.78, 5) is 11.2. The van der Waals surface area contributed by atoms with Crippen LogP contribution in [-0.4, -0.2) is 14.8 Å². The van der Waals surface area contributed by atoms with Gasteiger partial charge in [-0.3, -0.25) is 4.79 Å². The Morgan fingerprint density at radius 1 is 1.62 bits per heavy atom. The second kappa shape index (κ2) is 3.27. The molecule has 0 aliphatic carbocycles. The molecule has 0 spiro atoms. The zero-order chi connectivity index (χ0) is 9.26. The van der Waals surface area contributed by atoms with Crippen molar-refractivity contribution in [3.8, 4) is 11.3 Å². The van der Waals surface area contributed by atoms with E-state index in [0.717, 1.165) is 11.5 Å². The van der Waals surface area contributed by atoms with Gasteiger partial charge in [0.15, 0.2) is 0 Å². The van der Waals surface area contributed by atoms with Crippen molar-refractivity contribution < 1.29 is 9.21 Å². The average Bonchev–Trinajstić information content (AvgIpc) is 2.74. The third-order valence-electron chi connectivity index (χ3n) is 1.46. The van der Waals surface area contributed by atoms with Crippen molar-refractivity contribution in [3.63, 3.8) is 0 Å². The van der Waals surface area contributed by atoms with Crippen LogP contribution in [-0.2, 0) is 0 Å². The van der Waals surface area contributed by atoms with Crippen LogP contribution in [0, 0.1) is 0 Å². The number of rotatable bonds is 2. The van der Waals surface area contributed by atoms with Crippen LogP contribution >= 0.6 is 23.1 Å². The molecule has 0 aromatic carbocycles. The first kappa shape index (κ1) is 8.40. The number of carbonyl (C=O) groups excluding carboxylic acids is 1. The van der Waals surface area contributed by atoms with Gasteiger partial charge in [0.2, 0.25) is 0 Å². The molecule has 66 valence electrons. The van der Waals surface area contributed by atoms with Gasteiger partial charge < -0.3 is 4.42 Å². The molecule has 0 radical (unpaired) electrons. The zero-order valence-electron chi connectivity index (χ0n) is 6.23. The number of aromatic nitrogens is 2. The Labute approximate surface area is 82.3 Å². The topological polar surface area (TPSA) is 56.0 Å². The molecule has 0 unspecified atom stereocenters. The minimum absolute atomic E-state index is 0.336. The van der Waals surface area contributed by atoms with Gasteiger partial charge >= 0.3 is 0 Å². The molecule has 0 bridgehead atoms. The van der Waals surface area contributed by atoms with Crippen LogP contribution in [0.25, 0.3) is 11.3 Å². The van der Waals surface area contributed by atoms with E-state index in [2.05, 4.69) is 9.59 Å². The molecule has 4 nitrogen and oxygen atoms in total. The lowest BCUT2D eigenvalue weighted by Gasteiger charge is -1.89. The molecule has 2 heterocycles. The Hall–Kier alpha value is -1.20. The lowest BCUT2D eigenvalue weighted by Crippen LogP contribution is -1.87. The van der Waals surface area contributed by atoms with Crippen LogP contribution in [0.5, 0.6) is 0 Å². The number of carbonyl (C=O) groups is 1. The number of hydrogen-bond acceptors (Lipinski definition) is 5. The van der Waals surface area contributed by atoms with Crippen molar-refractivity contribution in [2.45, 2.75) is 0 Å². The Morgan fingerprint density at radius 3 is 3.08 bits per heavy atom. The molecule has 6 heteroatoms. The van der Waals surface area contributed by atoms with Crippen molar-refractivity contribution >= 4 is 28.4 Å². The monoisotopic (exact) mass is 214 g/mol. The van der Waals surface area contributed by atoms with E-state index in [1.807, 2.05) is 0 Å². The molecule has 0 aliphatic heterocycles. The van der Waals surface area contributed by atoms with E-state index in [1.165, 1.54) is 12.5 Å². The molecule has 0 atom stereocenters. The average molecular weight is 215 g/mol. The van der Waals surface area contributed by atoms with Crippen LogP contribution < -0.4 is 0 Å². The van der Waals surface area contributed by atoms with Crippen molar-refractivity contribution in [1.82, 2.24) is 9.59 Å². The van der Waals surface area contributed by atoms with Gasteiger partial charge in [0.25, 0.3) is 5.24 Å². The summed E-state index contributed by atoms with van der Waals surface area (Å²) in [6.45, 7) is 0. The third-order valence-corrected chi connectivity index (χ3v) is 2.49. The minimum Gasteiger partial charge on any atom is -0.472 e. The molecule has 2 aromatic heterocycles. The van der Waals surface area contributed by atoms with Crippen molar-refractivity contribution in [3.05, 3.63) is 23.5 Å². The second-order valence-electron chi connectivity index (χ2n) is 2.24. The first-order chi connectivity index (χ1) is 6.29. The first-order valence-electron chi connectivity index (χ1n) is 3.34. The van der Waals surface area contributed by atoms with E-state index in [1.54, 1.807) is 6.07 Å². The summed E-state index contributed by atoms with van der Waals surface area (Å²) < 4.78 is 8.50. The Balaban J connectivity index is 2.52. The smallest absolute Gasteiger partial charge is 0.266 e.